The van der Waals surface area contributed by atoms with Gasteiger partial charge in [-0.1, -0.05) is 24.3 Å². The van der Waals surface area contributed by atoms with Crippen LogP contribution < -0.4 is 0 Å². The number of halogens is 3. The summed E-state index contributed by atoms with van der Waals surface area (Å²) in [5.74, 6) is 0. The van der Waals surface area contributed by atoms with Crippen LogP contribution in [-0.2, 0) is 12.1 Å². The minimum atomic E-state index is -4.87. The number of aryl methyl sites for hydroxylation is 1. The Morgan fingerprint density at radius 2 is 2.00 bits per heavy atom. The minimum absolute atomic E-state index is 0.115. The smallest absolute Gasteiger partial charge is 0.375 e. The van der Waals surface area contributed by atoms with E-state index in [0.717, 1.165) is 27.8 Å². The van der Waals surface area contributed by atoms with Crippen molar-refractivity contribution in [3.63, 3.8) is 0 Å². The van der Waals surface area contributed by atoms with E-state index in [1.807, 2.05) is 24.4 Å². The molecule has 1 atom stereocenters. The van der Waals surface area contributed by atoms with E-state index in [1.54, 1.807) is 18.2 Å². The molecule has 0 amide bonds. The number of nitriles is 1. The lowest BCUT2D eigenvalue weighted by Gasteiger charge is -2.26. The molecule has 3 heterocycles. The van der Waals surface area contributed by atoms with E-state index < -0.39 is 23.9 Å². The van der Waals surface area contributed by atoms with Crippen LogP contribution in [0.5, 0.6) is 0 Å². The topological polar surface area (TPSA) is 101 Å². The van der Waals surface area contributed by atoms with Gasteiger partial charge in [-0.2, -0.15) is 18.4 Å². The number of thiazole rings is 1. The van der Waals surface area contributed by atoms with Crippen LogP contribution in [0.3, 0.4) is 0 Å². The molecule has 3 aromatic heterocycles. The highest BCUT2D eigenvalue weighted by Gasteiger charge is 2.55. The van der Waals surface area contributed by atoms with Crippen LogP contribution in [0.2, 0.25) is 0 Å². The van der Waals surface area contributed by atoms with E-state index in [4.69, 9.17) is 0 Å². The van der Waals surface area contributed by atoms with Crippen molar-refractivity contribution in [2.24, 2.45) is 0 Å². The van der Waals surface area contributed by atoms with Crippen molar-refractivity contribution in [3.05, 3.63) is 57.8 Å². The summed E-state index contributed by atoms with van der Waals surface area (Å²) >= 11 is 1.50. The summed E-state index contributed by atoms with van der Waals surface area (Å²) in [6, 6.07) is 9.11. The van der Waals surface area contributed by atoms with Gasteiger partial charge in [0.2, 0.25) is 5.60 Å². The third-order valence-corrected chi connectivity index (χ3v) is 5.94. The summed E-state index contributed by atoms with van der Waals surface area (Å²) in [6.07, 6.45) is -4.36. The monoisotopic (exact) mass is 458 g/mol. The highest BCUT2D eigenvalue weighted by atomic mass is 32.1. The summed E-state index contributed by atoms with van der Waals surface area (Å²) < 4.78 is 41.1. The minimum Gasteiger partial charge on any atom is -0.375 e. The number of nitrogens with zero attached hydrogens (tertiary/aromatic N) is 6. The van der Waals surface area contributed by atoms with E-state index in [0.29, 0.717) is 11.1 Å². The van der Waals surface area contributed by atoms with Crippen molar-refractivity contribution < 1.29 is 18.3 Å². The van der Waals surface area contributed by atoms with Gasteiger partial charge in [0.25, 0.3) is 0 Å². The molecule has 0 radical (unpaired) electrons. The fourth-order valence-electron chi connectivity index (χ4n) is 3.41. The van der Waals surface area contributed by atoms with Gasteiger partial charge in [0.15, 0.2) is 0 Å². The third kappa shape index (κ3) is 3.83. The average Bonchev–Trinajstić information content (AvgIpc) is 3.40. The summed E-state index contributed by atoms with van der Waals surface area (Å²) in [6.45, 7) is 3.24. The molecule has 0 bridgehead atoms. The van der Waals surface area contributed by atoms with Gasteiger partial charge in [-0.15, -0.1) is 16.4 Å². The van der Waals surface area contributed by atoms with Crippen molar-refractivity contribution in [2.45, 2.75) is 38.6 Å². The molecule has 0 saturated carbocycles. The van der Waals surface area contributed by atoms with Gasteiger partial charge in [0.1, 0.15) is 17.5 Å². The second kappa shape index (κ2) is 7.96. The Kier molecular flexibility index (Phi) is 5.44. The first-order chi connectivity index (χ1) is 15.1. The van der Waals surface area contributed by atoms with E-state index in [9.17, 15) is 23.5 Å². The van der Waals surface area contributed by atoms with Crippen LogP contribution in [-0.4, -0.2) is 36.2 Å². The Labute approximate surface area is 184 Å². The molecular weight excluding hydrogens is 441 g/mol. The summed E-state index contributed by atoms with van der Waals surface area (Å²) in [5.41, 5.74) is -0.596. The molecule has 164 valence electrons. The van der Waals surface area contributed by atoms with Gasteiger partial charge in [-0.3, -0.25) is 0 Å². The lowest BCUT2D eigenvalue weighted by molar-refractivity contribution is -0.269. The maximum atomic E-state index is 13.3. The predicted molar refractivity (Wildman–Crippen MR) is 112 cm³/mol. The Morgan fingerprint density at radius 1 is 1.22 bits per heavy atom. The number of hydrogen-bond acceptors (Lipinski definition) is 7. The number of aromatic nitrogens is 5. The van der Waals surface area contributed by atoms with Crippen LogP contribution in [0.4, 0.5) is 13.2 Å². The molecule has 0 aliphatic heterocycles. The molecule has 0 fully saturated rings. The third-order valence-electron chi connectivity index (χ3n) is 5.17. The molecule has 1 aromatic carbocycles. The number of benzene rings is 1. The first-order valence-corrected chi connectivity index (χ1v) is 10.5. The highest BCUT2D eigenvalue weighted by molar-refractivity contribution is 7.09. The molecule has 4 aromatic rings. The fourth-order valence-corrected chi connectivity index (χ4v) is 4.02. The second-order valence-corrected chi connectivity index (χ2v) is 8.35. The van der Waals surface area contributed by atoms with Gasteiger partial charge >= 0.3 is 6.18 Å². The van der Waals surface area contributed by atoms with Gasteiger partial charge in [-0.25, -0.2) is 14.6 Å². The number of aliphatic hydroxyl groups is 1. The SMILES string of the molecule is CC[C@](O)(c1cn(Cc2ccc3c(-c4csc(C)n4)cc(C#N)nc3c2)nn1)C(F)(F)F. The van der Waals surface area contributed by atoms with Gasteiger partial charge in [0, 0.05) is 16.3 Å². The number of hydrogen-bond donors (Lipinski definition) is 1. The molecule has 0 aliphatic carbocycles. The van der Waals surface area contributed by atoms with E-state index in [-0.39, 0.29) is 12.2 Å². The van der Waals surface area contributed by atoms with E-state index >= 15 is 0 Å². The molecule has 0 spiro atoms. The zero-order valence-electron chi connectivity index (χ0n) is 17.1. The molecule has 4 rings (SSSR count). The van der Waals surface area contributed by atoms with Crippen LogP contribution in [0, 0.1) is 18.3 Å². The van der Waals surface area contributed by atoms with Gasteiger partial charge < -0.3 is 5.11 Å². The zero-order valence-corrected chi connectivity index (χ0v) is 17.9. The second-order valence-electron chi connectivity index (χ2n) is 7.28. The number of rotatable bonds is 5. The highest BCUT2D eigenvalue weighted by Crippen LogP contribution is 2.40. The molecule has 7 nitrogen and oxygen atoms in total. The molecule has 11 heteroatoms. The average molecular weight is 458 g/mol. The molecular formula is C21H17F3N6OS. The van der Waals surface area contributed by atoms with Gasteiger partial charge in [0.05, 0.1) is 29.0 Å². The Bertz CT molecular complexity index is 1340. The van der Waals surface area contributed by atoms with E-state index in [1.165, 1.54) is 22.9 Å². The van der Waals surface area contributed by atoms with E-state index in [2.05, 4.69) is 20.3 Å². The summed E-state index contributed by atoms with van der Waals surface area (Å²) in [5, 5.41) is 30.3. The maximum absolute atomic E-state index is 13.3. The fraction of sp³-hybridized carbons (Fsp3) is 0.286. The zero-order chi connectivity index (χ0) is 23.1. The number of fused-ring (bicyclic) bond motifs is 1. The normalized spacial score (nSPS) is 13.8. The van der Waals surface area contributed by atoms with Crippen molar-refractivity contribution in [1.29, 1.82) is 5.26 Å². The Balaban J connectivity index is 1.70. The van der Waals surface area contributed by atoms with Crippen LogP contribution >= 0.6 is 11.3 Å². The van der Waals surface area contributed by atoms with Crippen molar-refractivity contribution in [1.82, 2.24) is 25.0 Å². The molecule has 32 heavy (non-hydrogen) atoms. The first-order valence-electron chi connectivity index (χ1n) is 9.60. The van der Waals surface area contributed by atoms with Crippen LogP contribution in [0.15, 0.2) is 35.8 Å². The standard InChI is InChI=1S/C21H17F3N6OS/c1-3-20(31,21(22,23)24)19-10-30(29-28-19)9-13-4-5-15-16(18-11-32-12(2)26-18)7-14(8-25)27-17(15)6-13/h4-7,10-11,31H,3,9H2,1-2H3/t20-/m0/s1. The molecule has 0 saturated heterocycles. The molecule has 1 N–H and O–H groups in total. The predicted octanol–water partition coefficient (Wildman–Crippen LogP) is 4.34. The lowest BCUT2D eigenvalue weighted by atomic mass is 9.96. The largest absolute Gasteiger partial charge is 0.423 e. The quantitative estimate of drug-likeness (QED) is 0.478. The van der Waals surface area contributed by atoms with Crippen LogP contribution in [0.25, 0.3) is 22.2 Å². The summed E-state index contributed by atoms with van der Waals surface area (Å²) in [4.78, 5) is 8.85. The molecule has 0 aliphatic rings. The number of pyridine rings is 1. The Hall–Kier alpha value is -3.36. The van der Waals surface area contributed by atoms with Crippen LogP contribution in [0.1, 0.15) is 35.3 Å². The summed E-state index contributed by atoms with van der Waals surface area (Å²) in [7, 11) is 0. The Morgan fingerprint density at radius 3 is 2.62 bits per heavy atom. The van der Waals surface area contributed by atoms with Crippen molar-refractivity contribution in [2.75, 3.05) is 0 Å². The first kappa shape index (κ1) is 21.9. The number of alkyl halides is 3. The maximum Gasteiger partial charge on any atom is 0.423 e. The lowest BCUT2D eigenvalue weighted by Crippen LogP contribution is -2.42. The van der Waals surface area contributed by atoms with Gasteiger partial charge in [-0.05, 0) is 31.0 Å². The van der Waals surface area contributed by atoms with Crippen molar-refractivity contribution in [3.8, 4) is 17.3 Å². The molecule has 0 unspecified atom stereocenters. The van der Waals surface area contributed by atoms with Crippen molar-refractivity contribution >= 4 is 22.2 Å².